The monoisotopic (exact) mass is 228 g/mol. The summed E-state index contributed by atoms with van der Waals surface area (Å²) in [5, 5.41) is 10.7. The molecule has 4 nitrogen and oxygen atoms in total. The minimum atomic E-state index is -0.409. The van der Waals surface area contributed by atoms with Crippen molar-refractivity contribution in [1.82, 2.24) is 0 Å². The fourth-order valence-electron chi connectivity index (χ4n) is 1.28. The molecule has 82 valence electrons. The minimum absolute atomic E-state index is 0.0817. The average molecular weight is 229 g/mol. The molecule has 0 N–H and O–H groups in total. The first-order valence-corrected chi connectivity index (χ1v) is 5.18. The van der Waals surface area contributed by atoms with Gasteiger partial charge in [-0.3, -0.25) is 10.1 Å². The fourth-order valence-corrected chi connectivity index (χ4v) is 1.49. The number of hydrogen-bond acceptors (Lipinski definition) is 3. The van der Waals surface area contributed by atoms with Gasteiger partial charge in [0, 0.05) is 30.9 Å². The lowest BCUT2D eigenvalue weighted by molar-refractivity contribution is -0.385. The van der Waals surface area contributed by atoms with E-state index in [2.05, 4.69) is 0 Å². The maximum absolute atomic E-state index is 10.7. The van der Waals surface area contributed by atoms with E-state index in [9.17, 15) is 10.1 Å². The van der Waals surface area contributed by atoms with Crippen molar-refractivity contribution >= 4 is 23.0 Å². The maximum Gasteiger partial charge on any atom is 0.273 e. The Kier molecular flexibility index (Phi) is 3.91. The van der Waals surface area contributed by atoms with Gasteiger partial charge in [-0.25, -0.2) is 0 Å². The molecule has 0 heterocycles. The second-order valence-electron chi connectivity index (χ2n) is 3.22. The Balaban J connectivity index is 3.13. The Morgan fingerprint density at radius 2 is 2.20 bits per heavy atom. The van der Waals surface area contributed by atoms with Crippen molar-refractivity contribution in [3.05, 3.63) is 33.9 Å². The third-order valence-corrected chi connectivity index (χ3v) is 2.61. The van der Waals surface area contributed by atoms with E-state index in [0.29, 0.717) is 5.56 Å². The predicted octanol–water partition coefficient (Wildman–Crippen LogP) is 2.79. The maximum atomic E-state index is 10.7. The van der Waals surface area contributed by atoms with E-state index in [1.807, 2.05) is 18.9 Å². The van der Waals surface area contributed by atoms with Gasteiger partial charge in [-0.2, -0.15) is 0 Å². The molecule has 1 aromatic carbocycles. The molecular weight excluding hydrogens is 216 g/mol. The van der Waals surface area contributed by atoms with Crippen LogP contribution in [0.25, 0.3) is 0 Å². The minimum Gasteiger partial charge on any atom is -0.375 e. The first kappa shape index (κ1) is 11.8. The Bertz CT molecular complexity index is 368. The molecule has 0 spiro atoms. The van der Waals surface area contributed by atoms with E-state index in [1.54, 1.807) is 12.1 Å². The zero-order valence-electron chi connectivity index (χ0n) is 8.74. The Hall–Kier alpha value is -1.29. The summed E-state index contributed by atoms with van der Waals surface area (Å²) in [7, 11) is 1.93. The highest BCUT2D eigenvalue weighted by Crippen LogP contribution is 2.25. The largest absolute Gasteiger partial charge is 0.375 e. The Labute approximate surface area is 93.6 Å². The number of benzene rings is 1. The average Bonchev–Trinajstić information content (AvgIpc) is 2.26. The molecule has 0 atom stereocenters. The molecule has 0 unspecified atom stereocenters. The van der Waals surface area contributed by atoms with Gasteiger partial charge < -0.3 is 4.90 Å². The number of anilines is 1. The molecule has 1 aromatic rings. The summed E-state index contributed by atoms with van der Waals surface area (Å²) >= 11 is 5.67. The van der Waals surface area contributed by atoms with Crippen LogP contribution in [0, 0.1) is 10.1 Å². The van der Waals surface area contributed by atoms with Gasteiger partial charge in [0.25, 0.3) is 5.69 Å². The predicted molar refractivity (Wildman–Crippen MR) is 61.6 cm³/mol. The van der Waals surface area contributed by atoms with E-state index in [0.717, 1.165) is 12.2 Å². The van der Waals surface area contributed by atoms with Gasteiger partial charge in [0.1, 0.15) is 0 Å². The summed E-state index contributed by atoms with van der Waals surface area (Å²) < 4.78 is 0. The summed E-state index contributed by atoms with van der Waals surface area (Å²) in [5.41, 5.74) is 1.58. The molecule has 0 aliphatic rings. The molecule has 0 aromatic heterocycles. The molecule has 0 saturated carbocycles. The van der Waals surface area contributed by atoms with Crippen molar-refractivity contribution < 1.29 is 4.92 Å². The van der Waals surface area contributed by atoms with E-state index in [-0.39, 0.29) is 11.6 Å². The topological polar surface area (TPSA) is 46.4 Å². The van der Waals surface area contributed by atoms with Crippen LogP contribution in [-0.4, -0.2) is 18.5 Å². The third kappa shape index (κ3) is 2.59. The summed E-state index contributed by atoms with van der Waals surface area (Å²) in [4.78, 5) is 12.3. The molecule has 5 heteroatoms. The number of hydrogen-bond donors (Lipinski definition) is 0. The lowest BCUT2D eigenvalue weighted by Gasteiger charge is -2.17. The second kappa shape index (κ2) is 4.98. The number of nitro benzene ring substituents is 1. The van der Waals surface area contributed by atoms with Crippen molar-refractivity contribution in [2.24, 2.45) is 0 Å². The fraction of sp³-hybridized carbons (Fsp3) is 0.400. The highest BCUT2D eigenvalue weighted by molar-refractivity contribution is 6.17. The van der Waals surface area contributed by atoms with Gasteiger partial charge in [-0.05, 0) is 19.1 Å². The molecule has 0 aliphatic heterocycles. The summed E-state index contributed by atoms with van der Waals surface area (Å²) in [5.74, 6) is 0.154. The third-order valence-electron chi connectivity index (χ3n) is 2.32. The molecule has 15 heavy (non-hydrogen) atoms. The van der Waals surface area contributed by atoms with E-state index < -0.39 is 4.92 Å². The van der Waals surface area contributed by atoms with E-state index >= 15 is 0 Å². The van der Waals surface area contributed by atoms with Gasteiger partial charge in [0.2, 0.25) is 0 Å². The number of nitrogens with zero attached hydrogens (tertiary/aromatic N) is 2. The van der Waals surface area contributed by atoms with Gasteiger partial charge >= 0.3 is 0 Å². The van der Waals surface area contributed by atoms with Crippen molar-refractivity contribution in [3.63, 3.8) is 0 Å². The number of halogens is 1. The molecule has 0 bridgehead atoms. The number of nitro groups is 1. The zero-order valence-corrected chi connectivity index (χ0v) is 9.49. The summed E-state index contributed by atoms with van der Waals surface area (Å²) in [6.45, 7) is 2.86. The Morgan fingerprint density at radius 1 is 1.53 bits per heavy atom. The van der Waals surface area contributed by atoms with E-state index in [1.165, 1.54) is 6.07 Å². The van der Waals surface area contributed by atoms with Gasteiger partial charge in [-0.1, -0.05) is 0 Å². The van der Waals surface area contributed by atoms with Crippen LogP contribution in [0.4, 0.5) is 11.4 Å². The van der Waals surface area contributed by atoms with Crippen LogP contribution < -0.4 is 4.90 Å². The standard InChI is InChI=1S/C10H13ClN2O2/c1-3-12(2)9-4-5-10(13(14)15)8(6-9)7-11/h4-6H,3,7H2,1-2H3. The number of alkyl halides is 1. The van der Waals surface area contributed by atoms with Crippen LogP contribution in [-0.2, 0) is 5.88 Å². The molecule has 0 aliphatic carbocycles. The van der Waals surface area contributed by atoms with Crippen LogP contribution in [0.15, 0.2) is 18.2 Å². The summed E-state index contributed by atoms with van der Waals surface area (Å²) in [6, 6.07) is 4.99. The van der Waals surface area contributed by atoms with Crippen LogP contribution in [0.1, 0.15) is 12.5 Å². The van der Waals surface area contributed by atoms with Crippen molar-refractivity contribution in [2.75, 3.05) is 18.5 Å². The quantitative estimate of drug-likeness (QED) is 0.452. The Morgan fingerprint density at radius 3 is 2.67 bits per heavy atom. The lowest BCUT2D eigenvalue weighted by atomic mass is 10.1. The van der Waals surface area contributed by atoms with Gasteiger partial charge in [-0.15, -0.1) is 11.6 Å². The first-order chi connectivity index (χ1) is 7.10. The molecule has 0 saturated heterocycles. The zero-order chi connectivity index (χ0) is 11.4. The first-order valence-electron chi connectivity index (χ1n) is 4.64. The highest BCUT2D eigenvalue weighted by Gasteiger charge is 2.13. The van der Waals surface area contributed by atoms with Gasteiger partial charge in [0.05, 0.1) is 10.8 Å². The van der Waals surface area contributed by atoms with Crippen LogP contribution in [0.2, 0.25) is 0 Å². The van der Waals surface area contributed by atoms with Crippen LogP contribution in [0.3, 0.4) is 0 Å². The van der Waals surface area contributed by atoms with Crippen molar-refractivity contribution in [1.29, 1.82) is 0 Å². The lowest BCUT2D eigenvalue weighted by Crippen LogP contribution is -2.15. The van der Waals surface area contributed by atoms with Crippen molar-refractivity contribution in [3.8, 4) is 0 Å². The molecule has 0 radical (unpaired) electrons. The highest BCUT2D eigenvalue weighted by atomic mass is 35.5. The van der Waals surface area contributed by atoms with Crippen molar-refractivity contribution in [2.45, 2.75) is 12.8 Å². The smallest absolute Gasteiger partial charge is 0.273 e. The normalized spacial score (nSPS) is 10.1. The van der Waals surface area contributed by atoms with E-state index in [4.69, 9.17) is 11.6 Å². The summed E-state index contributed by atoms with van der Waals surface area (Å²) in [6.07, 6.45) is 0. The molecule has 0 amide bonds. The van der Waals surface area contributed by atoms with Crippen LogP contribution >= 0.6 is 11.6 Å². The second-order valence-corrected chi connectivity index (χ2v) is 3.49. The molecule has 0 fully saturated rings. The number of rotatable bonds is 4. The molecular formula is C10H13ClN2O2. The van der Waals surface area contributed by atoms with Crippen LogP contribution in [0.5, 0.6) is 0 Å². The molecule has 1 rings (SSSR count). The SMILES string of the molecule is CCN(C)c1ccc([N+](=O)[O-])c(CCl)c1. The van der Waals surface area contributed by atoms with Gasteiger partial charge in [0.15, 0.2) is 0 Å².